The third-order valence-corrected chi connectivity index (χ3v) is 4.95. The number of hydrogen-bond acceptors (Lipinski definition) is 4. The van der Waals surface area contributed by atoms with E-state index in [-0.39, 0.29) is 37.8 Å². The van der Waals surface area contributed by atoms with Crippen LogP contribution in [-0.4, -0.2) is 47.9 Å². The first-order valence-corrected chi connectivity index (χ1v) is 8.39. The SMILES string of the molecule is O=C(C1CCN(c2nc3ccc(F)cc3o2)C1)N1CCC(F)(F)CC1. The molecule has 0 spiro atoms. The van der Waals surface area contributed by atoms with Gasteiger partial charge in [-0.3, -0.25) is 4.79 Å². The normalized spacial score (nSPS) is 23.4. The number of fused-ring (bicyclic) bond motifs is 1. The van der Waals surface area contributed by atoms with Crippen LogP contribution in [0.1, 0.15) is 19.3 Å². The molecule has 1 atom stereocenters. The number of oxazole rings is 1. The molecule has 0 N–H and O–H groups in total. The highest BCUT2D eigenvalue weighted by Crippen LogP contribution is 2.31. The van der Waals surface area contributed by atoms with E-state index < -0.39 is 11.7 Å². The maximum Gasteiger partial charge on any atom is 0.298 e. The number of hydrogen-bond donors (Lipinski definition) is 0. The number of benzene rings is 1. The Morgan fingerprint density at radius 3 is 2.76 bits per heavy atom. The average molecular weight is 353 g/mol. The zero-order valence-electron chi connectivity index (χ0n) is 13.6. The minimum atomic E-state index is -2.66. The number of likely N-dealkylation sites (tertiary alicyclic amines) is 1. The number of piperidine rings is 1. The Morgan fingerprint density at radius 1 is 1.24 bits per heavy atom. The van der Waals surface area contributed by atoms with Crippen molar-refractivity contribution < 1.29 is 22.4 Å². The van der Waals surface area contributed by atoms with Gasteiger partial charge in [-0.05, 0) is 18.6 Å². The van der Waals surface area contributed by atoms with Crippen molar-refractivity contribution >= 4 is 23.0 Å². The van der Waals surface area contributed by atoms with E-state index in [2.05, 4.69) is 4.98 Å². The van der Waals surface area contributed by atoms with Crippen molar-refractivity contribution in [3.8, 4) is 0 Å². The molecule has 2 fully saturated rings. The fourth-order valence-corrected chi connectivity index (χ4v) is 3.47. The summed E-state index contributed by atoms with van der Waals surface area (Å²) >= 11 is 0. The minimum absolute atomic E-state index is 0.0832. The number of carbonyl (C=O) groups is 1. The van der Waals surface area contributed by atoms with E-state index in [1.54, 1.807) is 6.07 Å². The number of halogens is 3. The lowest BCUT2D eigenvalue weighted by atomic mass is 10.0. The number of nitrogens with zero attached hydrogens (tertiary/aromatic N) is 3. The van der Waals surface area contributed by atoms with Gasteiger partial charge in [-0.1, -0.05) is 0 Å². The van der Waals surface area contributed by atoms with Gasteiger partial charge in [0, 0.05) is 45.1 Å². The zero-order valence-corrected chi connectivity index (χ0v) is 13.6. The molecule has 3 heterocycles. The predicted octanol–water partition coefficient (Wildman–Crippen LogP) is 3.05. The van der Waals surface area contributed by atoms with Crippen molar-refractivity contribution in [2.24, 2.45) is 5.92 Å². The van der Waals surface area contributed by atoms with E-state index in [0.29, 0.717) is 36.6 Å². The molecule has 2 aliphatic rings. The molecule has 2 aliphatic heterocycles. The first-order valence-electron chi connectivity index (χ1n) is 8.39. The van der Waals surface area contributed by atoms with Crippen LogP contribution in [0.15, 0.2) is 22.6 Å². The van der Waals surface area contributed by atoms with Gasteiger partial charge >= 0.3 is 0 Å². The standard InChI is InChI=1S/C17H18F3N3O2/c18-12-1-2-13-14(9-12)25-16(21-13)23-6-3-11(10-23)15(24)22-7-4-17(19,20)5-8-22/h1-2,9,11H,3-8,10H2. The second kappa shape index (κ2) is 5.93. The number of amides is 1. The van der Waals surface area contributed by atoms with Crippen LogP contribution in [0, 0.1) is 11.7 Å². The summed E-state index contributed by atoms with van der Waals surface area (Å²) < 4.78 is 45.3. The molecule has 134 valence electrons. The van der Waals surface area contributed by atoms with Gasteiger partial charge in [0.2, 0.25) is 5.91 Å². The first kappa shape index (κ1) is 16.2. The van der Waals surface area contributed by atoms with Crippen LogP contribution >= 0.6 is 0 Å². The Kier molecular flexibility index (Phi) is 3.85. The van der Waals surface area contributed by atoms with E-state index in [9.17, 15) is 18.0 Å². The predicted molar refractivity (Wildman–Crippen MR) is 85.0 cm³/mol. The number of carbonyl (C=O) groups excluding carboxylic acids is 1. The summed E-state index contributed by atoms with van der Waals surface area (Å²) in [6, 6.07) is 4.50. The molecular formula is C17H18F3N3O2. The van der Waals surface area contributed by atoms with Gasteiger partial charge in [-0.25, -0.2) is 13.2 Å². The third kappa shape index (κ3) is 3.17. The summed E-state index contributed by atoms with van der Waals surface area (Å²) in [5.41, 5.74) is 0.924. The van der Waals surface area contributed by atoms with Crippen molar-refractivity contribution in [3.63, 3.8) is 0 Å². The molecule has 1 aromatic carbocycles. The minimum Gasteiger partial charge on any atom is -0.423 e. The Hall–Kier alpha value is -2.25. The van der Waals surface area contributed by atoms with Crippen molar-refractivity contribution in [3.05, 3.63) is 24.0 Å². The highest BCUT2D eigenvalue weighted by molar-refractivity contribution is 5.80. The van der Waals surface area contributed by atoms with Crippen LogP contribution in [-0.2, 0) is 4.79 Å². The van der Waals surface area contributed by atoms with Crippen molar-refractivity contribution in [2.45, 2.75) is 25.2 Å². The van der Waals surface area contributed by atoms with Crippen molar-refractivity contribution in [1.29, 1.82) is 0 Å². The molecule has 0 aliphatic carbocycles. The van der Waals surface area contributed by atoms with Crippen molar-refractivity contribution in [1.82, 2.24) is 9.88 Å². The number of aromatic nitrogens is 1. The van der Waals surface area contributed by atoms with Gasteiger partial charge in [0.15, 0.2) is 5.58 Å². The van der Waals surface area contributed by atoms with Crippen LogP contribution in [0.2, 0.25) is 0 Å². The summed E-state index contributed by atoms with van der Waals surface area (Å²) in [6.45, 7) is 1.23. The molecule has 1 aromatic heterocycles. The van der Waals surface area contributed by atoms with E-state index >= 15 is 0 Å². The molecule has 25 heavy (non-hydrogen) atoms. The van der Waals surface area contributed by atoms with Gasteiger partial charge < -0.3 is 14.2 Å². The number of rotatable bonds is 2. The smallest absolute Gasteiger partial charge is 0.298 e. The first-order chi connectivity index (χ1) is 11.9. The van der Waals surface area contributed by atoms with Crippen LogP contribution in [0.5, 0.6) is 0 Å². The summed E-state index contributed by atoms with van der Waals surface area (Å²) in [5, 5.41) is 0. The summed E-state index contributed by atoms with van der Waals surface area (Å²) in [7, 11) is 0. The van der Waals surface area contributed by atoms with Gasteiger partial charge in [0.25, 0.3) is 11.9 Å². The fourth-order valence-electron chi connectivity index (χ4n) is 3.47. The van der Waals surface area contributed by atoms with Gasteiger partial charge in [-0.15, -0.1) is 0 Å². The average Bonchev–Trinajstić information content (AvgIpc) is 3.20. The van der Waals surface area contributed by atoms with E-state index in [0.717, 1.165) is 0 Å². The lowest BCUT2D eigenvalue weighted by Crippen LogP contribution is -2.45. The molecule has 0 bridgehead atoms. The molecule has 1 amide bonds. The lowest BCUT2D eigenvalue weighted by molar-refractivity contribution is -0.140. The van der Waals surface area contributed by atoms with Crippen LogP contribution in [0.25, 0.3) is 11.1 Å². The molecule has 1 unspecified atom stereocenters. The van der Waals surface area contributed by atoms with Gasteiger partial charge in [0.1, 0.15) is 11.3 Å². The van der Waals surface area contributed by atoms with Gasteiger partial charge in [0.05, 0.1) is 5.92 Å². The molecule has 5 nitrogen and oxygen atoms in total. The highest BCUT2D eigenvalue weighted by atomic mass is 19.3. The quantitative estimate of drug-likeness (QED) is 0.833. The molecule has 4 rings (SSSR count). The van der Waals surface area contributed by atoms with Gasteiger partial charge in [-0.2, -0.15) is 4.98 Å². The number of alkyl halides is 2. The molecular weight excluding hydrogens is 335 g/mol. The van der Waals surface area contributed by atoms with Crippen molar-refractivity contribution in [2.75, 3.05) is 31.1 Å². The second-order valence-corrected chi connectivity index (χ2v) is 6.72. The Morgan fingerprint density at radius 2 is 2.00 bits per heavy atom. The molecule has 0 radical (unpaired) electrons. The molecule has 2 saturated heterocycles. The lowest BCUT2D eigenvalue weighted by Gasteiger charge is -2.33. The molecule has 2 aromatic rings. The Bertz CT molecular complexity index is 798. The van der Waals surface area contributed by atoms with E-state index in [1.165, 1.54) is 17.0 Å². The summed E-state index contributed by atoms with van der Waals surface area (Å²) in [6.07, 6.45) is 0.0799. The Labute approximate surface area is 142 Å². The molecule has 8 heteroatoms. The molecule has 0 saturated carbocycles. The maximum atomic E-state index is 13.2. The van der Waals surface area contributed by atoms with E-state index in [4.69, 9.17) is 4.42 Å². The topological polar surface area (TPSA) is 49.6 Å². The van der Waals surface area contributed by atoms with Crippen LogP contribution < -0.4 is 4.90 Å². The summed E-state index contributed by atoms with van der Waals surface area (Å²) in [4.78, 5) is 20.3. The fraction of sp³-hybridized carbons (Fsp3) is 0.529. The highest BCUT2D eigenvalue weighted by Gasteiger charge is 2.39. The number of anilines is 1. The second-order valence-electron chi connectivity index (χ2n) is 6.72. The van der Waals surface area contributed by atoms with Crippen LogP contribution in [0.3, 0.4) is 0 Å². The zero-order chi connectivity index (χ0) is 17.6. The maximum absolute atomic E-state index is 13.2. The van der Waals surface area contributed by atoms with E-state index in [1.807, 2.05) is 4.90 Å². The largest absolute Gasteiger partial charge is 0.423 e. The third-order valence-electron chi connectivity index (χ3n) is 4.95. The summed E-state index contributed by atoms with van der Waals surface area (Å²) in [5.74, 6) is -3.39. The van der Waals surface area contributed by atoms with Crippen LogP contribution in [0.4, 0.5) is 19.2 Å². The Balaban J connectivity index is 1.43. The monoisotopic (exact) mass is 353 g/mol.